The first-order valence-corrected chi connectivity index (χ1v) is 9.27. The van der Waals surface area contributed by atoms with Crippen molar-refractivity contribution >= 4 is 23.5 Å². The molecule has 0 unspecified atom stereocenters. The Morgan fingerprint density at radius 1 is 1.11 bits per heavy atom. The summed E-state index contributed by atoms with van der Waals surface area (Å²) in [5.41, 5.74) is 2.08. The van der Waals surface area contributed by atoms with Gasteiger partial charge in [-0.1, -0.05) is 41.9 Å². The van der Waals surface area contributed by atoms with Gasteiger partial charge in [-0.15, -0.1) is 0 Å². The molecule has 6 heteroatoms. The summed E-state index contributed by atoms with van der Waals surface area (Å²) < 4.78 is 10.5. The molecule has 1 amide bonds. The lowest BCUT2D eigenvalue weighted by molar-refractivity contribution is -0.148. The maximum atomic E-state index is 11.7. The molecule has 0 aliphatic carbocycles. The van der Waals surface area contributed by atoms with Gasteiger partial charge >= 0.3 is 5.97 Å². The maximum absolute atomic E-state index is 11.7. The summed E-state index contributed by atoms with van der Waals surface area (Å²) in [4.78, 5) is 23.4. The fourth-order valence-electron chi connectivity index (χ4n) is 2.37. The van der Waals surface area contributed by atoms with Gasteiger partial charge in [0, 0.05) is 18.0 Å². The van der Waals surface area contributed by atoms with Crippen LogP contribution in [0.1, 0.15) is 24.0 Å². The van der Waals surface area contributed by atoms with Gasteiger partial charge in [-0.25, -0.2) is 0 Å². The third-order valence-corrected chi connectivity index (χ3v) is 4.29. The van der Waals surface area contributed by atoms with Gasteiger partial charge in [0.1, 0.15) is 5.75 Å². The van der Waals surface area contributed by atoms with E-state index in [1.807, 2.05) is 43.3 Å². The van der Waals surface area contributed by atoms with Gasteiger partial charge in [0.05, 0.1) is 6.61 Å². The summed E-state index contributed by atoms with van der Waals surface area (Å²) in [5, 5.41) is 3.42. The fourth-order valence-corrected chi connectivity index (χ4v) is 2.49. The molecule has 0 aliphatic heterocycles. The zero-order chi connectivity index (χ0) is 19.5. The zero-order valence-electron chi connectivity index (χ0n) is 15.4. The second kappa shape index (κ2) is 11.2. The summed E-state index contributed by atoms with van der Waals surface area (Å²) in [6.07, 6.45) is 1.45. The number of halogens is 1. The molecule has 0 aliphatic rings. The molecule has 1 N–H and O–H groups in total. The average molecular weight is 390 g/mol. The van der Waals surface area contributed by atoms with E-state index in [0.717, 1.165) is 17.5 Å². The van der Waals surface area contributed by atoms with E-state index in [-0.39, 0.29) is 18.9 Å². The van der Waals surface area contributed by atoms with Gasteiger partial charge < -0.3 is 14.8 Å². The molecule has 2 aromatic carbocycles. The van der Waals surface area contributed by atoms with Gasteiger partial charge in [0.15, 0.2) is 6.61 Å². The van der Waals surface area contributed by atoms with E-state index in [1.165, 1.54) is 0 Å². The summed E-state index contributed by atoms with van der Waals surface area (Å²) >= 11 is 5.96. The van der Waals surface area contributed by atoms with Crippen LogP contribution >= 0.6 is 11.6 Å². The van der Waals surface area contributed by atoms with Crippen molar-refractivity contribution in [2.75, 3.05) is 19.8 Å². The van der Waals surface area contributed by atoms with Crippen LogP contribution < -0.4 is 10.1 Å². The third-order valence-electron chi connectivity index (χ3n) is 3.87. The van der Waals surface area contributed by atoms with Crippen molar-refractivity contribution in [3.8, 4) is 5.75 Å². The number of nitrogens with one attached hydrogen (secondary N) is 1. The molecule has 0 bridgehead atoms. The molecular weight excluding hydrogens is 366 g/mol. The largest absolute Gasteiger partial charge is 0.494 e. The highest BCUT2D eigenvalue weighted by Crippen LogP contribution is 2.21. The molecule has 0 saturated heterocycles. The number of rotatable bonds is 10. The highest BCUT2D eigenvalue weighted by atomic mass is 35.5. The summed E-state index contributed by atoms with van der Waals surface area (Å²) in [5.74, 6) is -0.000622. The predicted molar refractivity (Wildman–Crippen MR) is 105 cm³/mol. The molecule has 2 aromatic rings. The van der Waals surface area contributed by atoms with E-state index in [4.69, 9.17) is 21.1 Å². The minimum absolute atomic E-state index is 0.198. The van der Waals surface area contributed by atoms with E-state index in [9.17, 15) is 9.59 Å². The number of benzene rings is 2. The van der Waals surface area contributed by atoms with Gasteiger partial charge in [0.25, 0.3) is 5.91 Å². The Hall–Kier alpha value is -2.53. The number of carbonyl (C=O) groups excluding carboxylic acids is 2. The minimum Gasteiger partial charge on any atom is -0.494 e. The minimum atomic E-state index is -0.413. The molecule has 0 spiro atoms. The van der Waals surface area contributed by atoms with E-state index in [1.54, 1.807) is 12.1 Å². The summed E-state index contributed by atoms with van der Waals surface area (Å²) in [7, 11) is 0. The number of ether oxygens (including phenoxy) is 2. The Morgan fingerprint density at radius 3 is 2.63 bits per heavy atom. The first kappa shape index (κ1) is 20.8. The van der Waals surface area contributed by atoms with Crippen LogP contribution in [0.4, 0.5) is 0 Å². The fraction of sp³-hybridized carbons (Fsp3) is 0.333. The van der Waals surface area contributed by atoms with Crippen molar-refractivity contribution in [3.05, 3.63) is 64.7 Å². The highest BCUT2D eigenvalue weighted by molar-refractivity contribution is 6.31. The Morgan fingerprint density at radius 2 is 1.89 bits per heavy atom. The van der Waals surface area contributed by atoms with E-state index in [2.05, 4.69) is 5.32 Å². The smallest absolute Gasteiger partial charge is 0.306 e. The number of amides is 1. The SMILES string of the molecule is Cc1cc(OCCCC(=O)OCC(=O)NCCc2ccccc2)ccc1Cl. The van der Waals surface area contributed by atoms with Crippen LogP contribution in [0.5, 0.6) is 5.75 Å². The molecular formula is C21H24ClNO4. The van der Waals surface area contributed by atoms with E-state index < -0.39 is 5.97 Å². The van der Waals surface area contributed by atoms with Gasteiger partial charge in [0.2, 0.25) is 0 Å². The van der Waals surface area contributed by atoms with Crippen molar-refractivity contribution in [2.24, 2.45) is 0 Å². The molecule has 0 saturated carbocycles. The Balaban J connectivity index is 1.53. The van der Waals surface area contributed by atoms with E-state index in [0.29, 0.717) is 30.3 Å². The molecule has 5 nitrogen and oxygen atoms in total. The number of esters is 1. The predicted octanol–water partition coefficient (Wildman–Crippen LogP) is 3.71. The maximum Gasteiger partial charge on any atom is 0.306 e. The van der Waals surface area contributed by atoms with Crippen molar-refractivity contribution in [1.29, 1.82) is 0 Å². The lowest BCUT2D eigenvalue weighted by Crippen LogP contribution is -2.30. The topological polar surface area (TPSA) is 64.6 Å². The lowest BCUT2D eigenvalue weighted by atomic mass is 10.1. The third kappa shape index (κ3) is 8.13. The van der Waals surface area contributed by atoms with Crippen LogP contribution in [0.15, 0.2) is 48.5 Å². The normalized spacial score (nSPS) is 10.3. The van der Waals surface area contributed by atoms with E-state index >= 15 is 0 Å². The van der Waals surface area contributed by atoms with Crippen LogP contribution in [0, 0.1) is 6.92 Å². The number of carbonyl (C=O) groups is 2. The zero-order valence-corrected chi connectivity index (χ0v) is 16.1. The van der Waals surface area contributed by atoms with Crippen molar-refractivity contribution in [2.45, 2.75) is 26.2 Å². The quantitative estimate of drug-likeness (QED) is 0.497. The summed E-state index contributed by atoms with van der Waals surface area (Å²) in [6.45, 7) is 2.54. The van der Waals surface area contributed by atoms with Gasteiger partial charge in [-0.2, -0.15) is 0 Å². The Labute approximate surface area is 164 Å². The molecule has 0 aromatic heterocycles. The van der Waals surface area contributed by atoms with Crippen LogP contribution in [-0.2, 0) is 20.7 Å². The first-order valence-electron chi connectivity index (χ1n) is 8.90. The van der Waals surface area contributed by atoms with Crippen LogP contribution in [0.25, 0.3) is 0 Å². The van der Waals surface area contributed by atoms with Gasteiger partial charge in [-0.3, -0.25) is 9.59 Å². The molecule has 2 rings (SSSR count). The summed E-state index contributed by atoms with van der Waals surface area (Å²) in [6, 6.07) is 15.3. The Bertz CT molecular complexity index is 749. The first-order chi connectivity index (χ1) is 13.0. The van der Waals surface area contributed by atoms with Crippen LogP contribution in [-0.4, -0.2) is 31.6 Å². The lowest BCUT2D eigenvalue weighted by Gasteiger charge is -2.08. The monoisotopic (exact) mass is 389 g/mol. The Kier molecular flexibility index (Phi) is 8.65. The number of hydrogen-bond donors (Lipinski definition) is 1. The number of hydrogen-bond acceptors (Lipinski definition) is 4. The van der Waals surface area contributed by atoms with Crippen LogP contribution in [0.2, 0.25) is 5.02 Å². The second-order valence-electron chi connectivity index (χ2n) is 6.11. The van der Waals surface area contributed by atoms with Crippen molar-refractivity contribution in [3.63, 3.8) is 0 Å². The molecule has 0 atom stereocenters. The number of aryl methyl sites for hydroxylation is 1. The molecule has 27 heavy (non-hydrogen) atoms. The highest BCUT2D eigenvalue weighted by Gasteiger charge is 2.07. The van der Waals surface area contributed by atoms with Gasteiger partial charge in [-0.05, 0) is 49.1 Å². The molecule has 0 radical (unpaired) electrons. The average Bonchev–Trinajstić information content (AvgIpc) is 2.67. The molecule has 0 fully saturated rings. The van der Waals surface area contributed by atoms with Crippen molar-refractivity contribution < 1.29 is 19.1 Å². The van der Waals surface area contributed by atoms with Crippen LogP contribution in [0.3, 0.4) is 0 Å². The van der Waals surface area contributed by atoms with Crippen molar-refractivity contribution in [1.82, 2.24) is 5.32 Å². The molecule has 0 heterocycles. The molecule has 144 valence electrons. The standard InChI is InChI=1S/C21H24ClNO4/c1-16-14-18(9-10-19(16)22)26-13-5-8-21(25)27-15-20(24)23-12-11-17-6-3-2-4-7-17/h2-4,6-7,9-10,14H,5,8,11-13,15H2,1H3,(H,23,24). The second-order valence-corrected chi connectivity index (χ2v) is 6.52.